The van der Waals surface area contributed by atoms with Gasteiger partial charge in [0.1, 0.15) is 11.4 Å². The van der Waals surface area contributed by atoms with Crippen molar-refractivity contribution in [3.63, 3.8) is 0 Å². The number of benzene rings is 3. The molecule has 0 amide bonds. The van der Waals surface area contributed by atoms with Gasteiger partial charge in [0.05, 0.1) is 13.0 Å². The molecule has 0 aliphatic heterocycles. The lowest BCUT2D eigenvalue weighted by atomic mass is 9.89. The Morgan fingerprint density at radius 3 is 2.35 bits per heavy atom. The molecule has 1 aromatic heterocycles. The molecule has 31 heavy (non-hydrogen) atoms. The van der Waals surface area contributed by atoms with E-state index in [1.54, 1.807) is 14.0 Å². The van der Waals surface area contributed by atoms with Crippen molar-refractivity contribution in [2.45, 2.75) is 19.3 Å². The van der Waals surface area contributed by atoms with Crippen LogP contribution in [0.1, 0.15) is 40.0 Å². The fourth-order valence-electron chi connectivity index (χ4n) is 3.84. The average molecular weight is 430 g/mol. The van der Waals surface area contributed by atoms with Crippen molar-refractivity contribution in [1.29, 1.82) is 0 Å². The first-order chi connectivity index (χ1) is 15.0. The number of nitrogens with one attached hydrogen (secondary N) is 1. The van der Waals surface area contributed by atoms with Gasteiger partial charge in [0.25, 0.3) is 0 Å². The summed E-state index contributed by atoms with van der Waals surface area (Å²) in [5.41, 5.74) is 12.2. The van der Waals surface area contributed by atoms with E-state index in [1.165, 1.54) is 22.5 Å². The predicted molar refractivity (Wildman–Crippen MR) is 126 cm³/mol. The van der Waals surface area contributed by atoms with E-state index in [1.807, 2.05) is 36.4 Å². The summed E-state index contributed by atoms with van der Waals surface area (Å²) in [6, 6.07) is 24.4. The Bertz CT molecular complexity index is 1180. The molecule has 4 aromatic rings. The number of aromatic nitrogens is 1. The molecule has 0 radical (unpaired) electrons. The molecular formula is C26H25N2O2S+. The maximum absolute atomic E-state index is 12.0. The van der Waals surface area contributed by atoms with Gasteiger partial charge in [-0.25, -0.2) is 4.98 Å². The number of thiazole rings is 1. The third kappa shape index (κ3) is 4.67. The van der Waals surface area contributed by atoms with Crippen molar-refractivity contribution in [2.75, 3.05) is 12.8 Å². The third-order valence-electron chi connectivity index (χ3n) is 5.49. The number of rotatable bonds is 7. The molecule has 156 valence electrons. The molecule has 0 aliphatic carbocycles. The summed E-state index contributed by atoms with van der Waals surface area (Å²) in [7, 11) is 1.67. The van der Waals surface area contributed by atoms with Crippen molar-refractivity contribution >= 4 is 22.3 Å². The van der Waals surface area contributed by atoms with Crippen LogP contribution in [0.4, 0.5) is 5.13 Å². The molecule has 4 nitrogen and oxygen atoms in total. The largest absolute Gasteiger partial charge is 0.497 e. The van der Waals surface area contributed by atoms with Gasteiger partial charge in [-0.1, -0.05) is 72.0 Å². The first-order valence-electron chi connectivity index (χ1n) is 10.1. The van der Waals surface area contributed by atoms with Gasteiger partial charge in [0.2, 0.25) is 0 Å². The fraction of sp³-hybridized carbons (Fsp3) is 0.154. The topological polar surface area (TPSA) is 66.5 Å². The van der Waals surface area contributed by atoms with Crippen LogP contribution in [-0.4, -0.2) is 12.9 Å². The summed E-state index contributed by atoms with van der Waals surface area (Å²) in [5, 5.41) is 2.78. The monoisotopic (exact) mass is 429 g/mol. The second-order valence-corrected chi connectivity index (χ2v) is 8.42. The number of carbonyl (C=O) groups is 1. The molecule has 0 saturated heterocycles. The van der Waals surface area contributed by atoms with Gasteiger partial charge in [0.15, 0.2) is 5.78 Å². The molecule has 0 fully saturated rings. The summed E-state index contributed by atoms with van der Waals surface area (Å²) in [5.74, 6) is 1.06. The normalized spacial score (nSPS) is 11.8. The van der Waals surface area contributed by atoms with Crippen molar-refractivity contribution in [2.24, 2.45) is 0 Å². The molecule has 3 N–H and O–H groups in total. The second-order valence-electron chi connectivity index (χ2n) is 7.51. The molecule has 0 aliphatic rings. The Morgan fingerprint density at radius 2 is 1.74 bits per heavy atom. The standard InChI is InChI=1S/C26H24N2O2S/c1-17(29)22-5-3-4-6-23(22)19-9-7-18(8-10-19)15-24(25-16-31-26(27)28-25)20-11-13-21(30-2)14-12-20/h3-14,16,24H,15H2,1-2H3,(H2,27,28)/p+1/t24-/m0/s1. The van der Waals surface area contributed by atoms with Gasteiger partial charge in [-0.3, -0.25) is 10.5 Å². The van der Waals surface area contributed by atoms with Crippen molar-refractivity contribution < 1.29 is 14.5 Å². The number of ketones is 1. The van der Waals surface area contributed by atoms with Crippen LogP contribution < -0.4 is 15.5 Å². The van der Waals surface area contributed by atoms with Crippen LogP contribution in [0.25, 0.3) is 11.1 Å². The Morgan fingerprint density at radius 1 is 1.03 bits per heavy atom. The van der Waals surface area contributed by atoms with Gasteiger partial charge in [-0.05, 0) is 47.7 Å². The van der Waals surface area contributed by atoms with E-state index >= 15 is 0 Å². The Kier molecular flexibility index (Phi) is 6.14. The zero-order chi connectivity index (χ0) is 21.8. The number of Topliss-reactive ketones (excluding diaryl/α,β-unsaturated/α-hetero) is 1. The molecule has 0 saturated carbocycles. The quantitative estimate of drug-likeness (QED) is 0.400. The lowest BCUT2D eigenvalue weighted by molar-refractivity contribution is -0.368. The third-order valence-corrected chi connectivity index (χ3v) is 6.21. The van der Waals surface area contributed by atoms with E-state index in [4.69, 9.17) is 10.5 Å². The van der Waals surface area contributed by atoms with Crippen LogP contribution in [0.5, 0.6) is 5.75 Å². The number of nitrogen functional groups attached to an aromatic ring is 1. The maximum Gasteiger partial charge on any atom is 0.329 e. The number of hydrogen-bond donors (Lipinski definition) is 1. The van der Waals surface area contributed by atoms with E-state index in [9.17, 15) is 4.79 Å². The van der Waals surface area contributed by atoms with Crippen molar-refractivity contribution in [3.05, 3.63) is 101 Å². The number of anilines is 1. The molecule has 3 aromatic carbocycles. The highest BCUT2D eigenvalue weighted by molar-refractivity contribution is 7.13. The van der Waals surface area contributed by atoms with Crippen molar-refractivity contribution in [1.82, 2.24) is 0 Å². The molecule has 1 atom stereocenters. The van der Waals surface area contributed by atoms with Gasteiger partial charge >= 0.3 is 5.13 Å². The molecule has 1 heterocycles. The van der Waals surface area contributed by atoms with Crippen LogP contribution in [-0.2, 0) is 6.42 Å². The number of ether oxygens (including phenoxy) is 1. The van der Waals surface area contributed by atoms with Crippen LogP contribution in [0.15, 0.2) is 78.2 Å². The Labute approximate surface area is 186 Å². The number of H-pyrrole nitrogens is 1. The van der Waals surface area contributed by atoms with Gasteiger partial charge < -0.3 is 4.74 Å². The highest BCUT2D eigenvalue weighted by atomic mass is 32.1. The molecule has 4 rings (SSSR count). The number of methoxy groups -OCH3 is 1. The number of nitrogens with two attached hydrogens (primary N) is 1. The lowest BCUT2D eigenvalue weighted by Gasteiger charge is -2.16. The van der Waals surface area contributed by atoms with Gasteiger partial charge in [-0.15, -0.1) is 0 Å². The van der Waals surface area contributed by atoms with Crippen LogP contribution in [0.2, 0.25) is 0 Å². The van der Waals surface area contributed by atoms with Crippen LogP contribution >= 0.6 is 11.3 Å². The van der Waals surface area contributed by atoms with Gasteiger partial charge in [-0.2, -0.15) is 0 Å². The Balaban J connectivity index is 1.64. The summed E-state index contributed by atoms with van der Waals surface area (Å²) < 4.78 is 5.31. The van der Waals surface area contributed by atoms with E-state index < -0.39 is 0 Å². The zero-order valence-corrected chi connectivity index (χ0v) is 18.4. The van der Waals surface area contributed by atoms with Crippen LogP contribution in [0.3, 0.4) is 0 Å². The number of aromatic amines is 1. The fourth-order valence-corrected chi connectivity index (χ4v) is 4.49. The minimum Gasteiger partial charge on any atom is -0.497 e. The molecule has 0 bridgehead atoms. The average Bonchev–Trinajstić information content (AvgIpc) is 3.24. The minimum absolute atomic E-state index is 0.0739. The maximum atomic E-state index is 12.0. The molecule has 0 unspecified atom stereocenters. The van der Waals surface area contributed by atoms with E-state index in [2.05, 4.69) is 46.8 Å². The zero-order valence-electron chi connectivity index (χ0n) is 17.6. The molecule has 5 heteroatoms. The summed E-state index contributed by atoms with van der Waals surface area (Å²) in [6.45, 7) is 1.61. The number of carbonyl (C=O) groups excluding carboxylic acids is 1. The second kappa shape index (κ2) is 9.14. The predicted octanol–water partition coefficient (Wildman–Crippen LogP) is 5.40. The first kappa shape index (κ1) is 20.8. The molecule has 0 spiro atoms. The van der Waals surface area contributed by atoms with Gasteiger partial charge in [0, 0.05) is 10.9 Å². The highest BCUT2D eigenvalue weighted by Gasteiger charge is 2.21. The lowest BCUT2D eigenvalue weighted by Crippen LogP contribution is -2.17. The van der Waals surface area contributed by atoms with E-state index in [-0.39, 0.29) is 11.7 Å². The SMILES string of the molecule is COc1ccc([C@H](Cc2ccc(-c3ccccc3C(C)=O)cc2)c2csc(N)[nH+]2)cc1. The highest BCUT2D eigenvalue weighted by Crippen LogP contribution is 2.31. The molecular weight excluding hydrogens is 404 g/mol. The van der Waals surface area contributed by atoms with Crippen LogP contribution in [0, 0.1) is 0 Å². The summed E-state index contributed by atoms with van der Waals surface area (Å²) >= 11 is 1.52. The van der Waals surface area contributed by atoms with E-state index in [0.29, 0.717) is 5.13 Å². The minimum atomic E-state index is 0.0739. The summed E-state index contributed by atoms with van der Waals surface area (Å²) in [6.07, 6.45) is 0.827. The smallest absolute Gasteiger partial charge is 0.329 e. The first-order valence-corrected chi connectivity index (χ1v) is 11.0. The van der Waals surface area contributed by atoms with E-state index in [0.717, 1.165) is 34.6 Å². The van der Waals surface area contributed by atoms with Crippen molar-refractivity contribution in [3.8, 4) is 16.9 Å². The Hall–Kier alpha value is -3.44. The number of hydrogen-bond acceptors (Lipinski definition) is 4. The summed E-state index contributed by atoms with van der Waals surface area (Å²) in [4.78, 5) is 15.3.